The quantitative estimate of drug-likeness (QED) is 0.430. The molecule has 19 heavy (non-hydrogen) atoms. The molecule has 98 valence electrons. The first-order chi connectivity index (χ1) is 8.93. The van der Waals surface area contributed by atoms with Gasteiger partial charge in [0.1, 0.15) is 5.57 Å². The summed E-state index contributed by atoms with van der Waals surface area (Å²) in [6.45, 7) is 0. The van der Waals surface area contributed by atoms with Crippen molar-refractivity contribution >= 4 is 46.5 Å². The lowest BCUT2D eigenvalue weighted by atomic mass is 10.1. The van der Waals surface area contributed by atoms with Crippen LogP contribution in [0.4, 0.5) is 4.79 Å². The molecule has 5 nitrogen and oxygen atoms in total. The van der Waals surface area contributed by atoms with E-state index < -0.39 is 17.8 Å². The number of hydrogen-bond acceptors (Lipinski definition) is 3. The van der Waals surface area contributed by atoms with E-state index in [4.69, 9.17) is 0 Å². The fraction of sp³-hybridized carbons (Fsp3) is 0.154. The zero-order valence-electron chi connectivity index (χ0n) is 10.4. The molecule has 1 aromatic rings. The van der Waals surface area contributed by atoms with Crippen LogP contribution < -0.4 is 0 Å². The van der Waals surface area contributed by atoms with Gasteiger partial charge in [-0.1, -0.05) is 18.2 Å². The van der Waals surface area contributed by atoms with Crippen molar-refractivity contribution < 1.29 is 14.4 Å². The number of hydrogen-bond donors (Lipinski definition) is 0. The minimum atomic E-state index is -0.616. The molecule has 4 amide bonds. The standard InChI is InChI=1S/C13H11IN2O3/c1-15-11(17)9(12(18)16(2)13(15)19)7-8-5-3-4-6-10(8)14/h3-7H,1-2H3. The van der Waals surface area contributed by atoms with E-state index in [9.17, 15) is 14.4 Å². The lowest BCUT2D eigenvalue weighted by Crippen LogP contribution is -2.52. The van der Waals surface area contributed by atoms with Gasteiger partial charge in [-0.2, -0.15) is 0 Å². The summed E-state index contributed by atoms with van der Waals surface area (Å²) in [6, 6.07) is 6.77. The Balaban J connectivity index is 2.49. The van der Waals surface area contributed by atoms with Crippen molar-refractivity contribution in [2.24, 2.45) is 0 Å². The number of carbonyl (C=O) groups excluding carboxylic acids is 3. The Hall–Kier alpha value is -1.70. The van der Waals surface area contributed by atoms with Gasteiger partial charge in [0, 0.05) is 17.7 Å². The summed E-state index contributed by atoms with van der Waals surface area (Å²) >= 11 is 2.12. The van der Waals surface area contributed by atoms with Crippen LogP contribution in [0.1, 0.15) is 5.56 Å². The van der Waals surface area contributed by atoms with Crippen LogP contribution >= 0.6 is 22.6 Å². The highest BCUT2D eigenvalue weighted by atomic mass is 127. The van der Waals surface area contributed by atoms with E-state index in [0.717, 1.165) is 18.9 Å². The van der Waals surface area contributed by atoms with Crippen LogP contribution in [0.15, 0.2) is 29.8 Å². The molecule has 6 heteroatoms. The number of amides is 4. The lowest BCUT2D eigenvalue weighted by Gasteiger charge is -2.28. The number of barbiturate groups is 1. The molecule has 0 atom stereocenters. The molecule has 1 aromatic carbocycles. The normalized spacial score (nSPS) is 16.2. The summed E-state index contributed by atoms with van der Waals surface area (Å²) in [7, 11) is 2.72. The van der Waals surface area contributed by atoms with Crippen molar-refractivity contribution in [3.8, 4) is 0 Å². The predicted octanol–water partition coefficient (Wildman–Crippen LogP) is 1.72. The first kappa shape index (κ1) is 13.7. The van der Waals surface area contributed by atoms with Crippen molar-refractivity contribution in [3.05, 3.63) is 39.0 Å². The monoisotopic (exact) mass is 370 g/mol. The highest BCUT2D eigenvalue weighted by Crippen LogP contribution is 2.20. The second-order valence-corrected chi connectivity index (χ2v) is 5.25. The molecular weight excluding hydrogens is 359 g/mol. The minimum Gasteiger partial charge on any atom is -0.268 e. The van der Waals surface area contributed by atoms with Gasteiger partial charge in [0.05, 0.1) is 0 Å². The van der Waals surface area contributed by atoms with Gasteiger partial charge in [-0.3, -0.25) is 19.4 Å². The van der Waals surface area contributed by atoms with Gasteiger partial charge < -0.3 is 0 Å². The van der Waals surface area contributed by atoms with Gasteiger partial charge in [-0.25, -0.2) is 4.79 Å². The van der Waals surface area contributed by atoms with E-state index >= 15 is 0 Å². The molecule has 0 spiro atoms. The Bertz CT molecular complexity index is 584. The Kier molecular flexibility index (Phi) is 3.70. The molecule has 0 aromatic heterocycles. The molecule has 0 aliphatic carbocycles. The van der Waals surface area contributed by atoms with Gasteiger partial charge in [0.25, 0.3) is 11.8 Å². The van der Waals surface area contributed by atoms with E-state index in [1.807, 2.05) is 24.3 Å². The molecular formula is C13H11IN2O3. The average molecular weight is 370 g/mol. The van der Waals surface area contributed by atoms with E-state index in [1.54, 1.807) is 0 Å². The summed E-state index contributed by atoms with van der Waals surface area (Å²) in [4.78, 5) is 37.4. The highest BCUT2D eigenvalue weighted by molar-refractivity contribution is 14.1. The third-order valence-electron chi connectivity index (χ3n) is 2.85. The van der Waals surface area contributed by atoms with E-state index in [1.165, 1.54) is 20.2 Å². The molecule has 0 unspecified atom stereocenters. The largest absolute Gasteiger partial charge is 0.333 e. The maximum absolute atomic E-state index is 12.0. The van der Waals surface area contributed by atoms with Crippen LogP contribution in [0, 0.1) is 3.57 Å². The molecule has 0 saturated carbocycles. The Morgan fingerprint density at radius 1 is 1.00 bits per heavy atom. The van der Waals surface area contributed by atoms with Crippen LogP contribution in [0.25, 0.3) is 6.08 Å². The maximum Gasteiger partial charge on any atom is 0.333 e. The van der Waals surface area contributed by atoms with Crippen molar-refractivity contribution in [1.29, 1.82) is 0 Å². The summed E-state index contributed by atoms with van der Waals surface area (Å²) in [6.07, 6.45) is 1.52. The second-order valence-electron chi connectivity index (χ2n) is 4.09. The fourth-order valence-corrected chi connectivity index (χ4v) is 2.27. The number of nitrogens with zero attached hydrogens (tertiary/aromatic N) is 2. The van der Waals surface area contributed by atoms with Crippen molar-refractivity contribution in [2.45, 2.75) is 0 Å². The summed E-state index contributed by atoms with van der Waals surface area (Å²) in [5.74, 6) is -1.15. The molecule has 1 aliphatic rings. The predicted molar refractivity (Wildman–Crippen MR) is 78.1 cm³/mol. The SMILES string of the molecule is CN1C(=O)C(=Cc2ccccc2I)C(=O)N(C)C1=O. The van der Waals surface area contributed by atoms with Crippen LogP contribution in [0.2, 0.25) is 0 Å². The molecule has 1 fully saturated rings. The highest BCUT2D eigenvalue weighted by Gasteiger charge is 2.37. The third kappa shape index (κ3) is 2.40. The second kappa shape index (κ2) is 5.12. The number of imide groups is 2. The summed E-state index contributed by atoms with van der Waals surface area (Å²) < 4.78 is 0.926. The molecule has 0 N–H and O–H groups in total. The molecule has 2 rings (SSSR count). The van der Waals surface area contributed by atoms with Gasteiger partial charge >= 0.3 is 6.03 Å². The van der Waals surface area contributed by atoms with Crippen LogP contribution in [-0.4, -0.2) is 41.7 Å². The summed E-state index contributed by atoms with van der Waals surface area (Å²) in [5, 5.41) is 0. The van der Waals surface area contributed by atoms with Crippen molar-refractivity contribution in [1.82, 2.24) is 9.80 Å². The number of rotatable bonds is 1. The van der Waals surface area contributed by atoms with Crippen LogP contribution in [0.5, 0.6) is 0 Å². The molecule has 1 heterocycles. The van der Waals surface area contributed by atoms with Gasteiger partial charge in [0.2, 0.25) is 0 Å². The van der Waals surface area contributed by atoms with Crippen LogP contribution in [0.3, 0.4) is 0 Å². The van der Waals surface area contributed by atoms with Gasteiger partial charge in [-0.05, 0) is 40.3 Å². The topological polar surface area (TPSA) is 57.7 Å². The molecule has 0 radical (unpaired) electrons. The van der Waals surface area contributed by atoms with Crippen molar-refractivity contribution in [3.63, 3.8) is 0 Å². The zero-order valence-corrected chi connectivity index (χ0v) is 12.5. The van der Waals surface area contributed by atoms with E-state index in [0.29, 0.717) is 0 Å². The van der Waals surface area contributed by atoms with Gasteiger partial charge in [0.15, 0.2) is 0 Å². The third-order valence-corrected chi connectivity index (χ3v) is 3.83. The number of halogens is 1. The number of benzene rings is 1. The maximum atomic E-state index is 12.0. The Morgan fingerprint density at radius 3 is 2.05 bits per heavy atom. The molecule has 0 bridgehead atoms. The fourth-order valence-electron chi connectivity index (χ4n) is 1.72. The zero-order chi connectivity index (χ0) is 14.2. The molecule has 1 saturated heterocycles. The minimum absolute atomic E-state index is 0.00582. The Morgan fingerprint density at radius 2 is 1.53 bits per heavy atom. The number of likely N-dealkylation sites (N-methyl/N-ethyl adjacent to an activating group) is 2. The van der Waals surface area contributed by atoms with E-state index in [-0.39, 0.29) is 5.57 Å². The summed E-state index contributed by atoms with van der Waals surface area (Å²) in [5.41, 5.74) is 0.768. The van der Waals surface area contributed by atoms with Crippen LogP contribution in [-0.2, 0) is 9.59 Å². The van der Waals surface area contributed by atoms with Crippen molar-refractivity contribution in [2.75, 3.05) is 14.1 Å². The lowest BCUT2D eigenvalue weighted by molar-refractivity contribution is -0.134. The molecule has 1 aliphatic heterocycles. The Labute approximate surface area is 124 Å². The number of carbonyl (C=O) groups is 3. The first-order valence-electron chi connectivity index (χ1n) is 5.49. The first-order valence-corrected chi connectivity index (χ1v) is 6.57. The average Bonchev–Trinajstić information content (AvgIpc) is 2.41. The van der Waals surface area contributed by atoms with Gasteiger partial charge in [-0.15, -0.1) is 0 Å². The smallest absolute Gasteiger partial charge is 0.268 e. The number of urea groups is 1. The van der Waals surface area contributed by atoms with E-state index in [2.05, 4.69) is 22.6 Å².